The summed E-state index contributed by atoms with van der Waals surface area (Å²) >= 11 is 4.82. The zero-order chi connectivity index (χ0) is 12.3. The van der Waals surface area contributed by atoms with Crippen LogP contribution in [0.1, 0.15) is 34.8 Å². The summed E-state index contributed by atoms with van der Waals surface area (Å²) in [4.78, 5) is 13.1. The second-order valence-electron chi connectivity index (χ2n) is 3.55. The van der Waals surface area contributed by atoms with Crippen molar-refractivity contribution in [1.29, 1.82) is 0 Å². The maximum Gasteiger partial charge on any atom is 0.287 e. The van der Waals surface area contributed by atoms with Gasteiger partial charge in [-0.25, -0.2) is 0 Å². The number of halogens is 1. The topological polar surface area (TPSA) is 42.2 Å². The van der Waals surface area contributed by atoms with Crippen LogP contribution in [0.5, 0.6) is 0 Å². The fraction of sp³-hybridized carbons (Fsp3) is 0.250. The molecular weight excluding hydrogens is 302 g/mol. The summed E-state index contributed by atoms with van der Waals surface area (Å²) in [5.74, 6) is 0.142. The van der Waals surface area contributed by atoms with Crippen molar-refractivity contribution >= 4 is 33.2 Å². The Morgan fingerprint density at radius 3 is 2.88 bits per heavy atom. The Morgan fingerprint density at radius 2 is 2.35 bits per heavy atom. The first-order valence-electron chi connectivity index (χ1n) is 5.30. The molecule has 2 heterocycles. The standard InChI is InChI=1S/C12H12BrNO2S/c1-2-8(10-4-3-7-17-10)14-12(15)9-5-6-11(13)16-9/h3-8H,2H2,1H3,(H,14,15). The van der Waals surface area contributed by atoms with Crippen molar-refractivity contribution in [2.75, 3.05) is 0 Å². The molecule has 0 aliphatic heterocycles. The van der Waals surface area contributed by atoms with Crippen molar-refractivity contribution < 1.29 is 9.21 Å². The van der Waals surface area contributed by atoms with E-state index in [1.807, 2.05) is 24.4 Å². The van der Waals surface area contributed by atoms with Gasteiger partial charge in [-0.05, 0) is 45.9 Å². The van der Waals surface area contributed by atoms with E-state index in [0.717, 1.165) is 11.3 Å². The van der Waals surface area contributed by atoms with Gasteiger partial charge in [0.2, 0.25) is 0 Å². The van der Waals surface area contributed by atoms with E-state index < -0.39 is 0 Å². The Bertz CT molecular complexity index is 492. The highest BCUT2D eigenvalue weighted by atomic mass is 79.9. The predicted molar refractivity (Wildman–Crippen MR) is 71.2 cm³/mol. The van der Waals surface area contributed by atoms with Crippen LogP contribution in [0.2, 0.25) is 0 Å². The quantitative estimate of drug-likeness (QED) is 0.927. The minimum atomic E-state index is -0.184. The number of carbonyl (C=O) groups is 1. The maximum atomic E-state index is 11.9. The number of hydrogen-bond donors (Lipinski definition) is 1. The summed E-state index contributed by atoms with van der Waals surface area (Å²) in [5, 5.41) is 4.96. The first kappa shape index (κ1) is 12.4. The molecule has 2 aromatic rings. The average molecular weight is 314 g/mol. The zero-order valence-corrected chi connectivity index (χ0v) is 11.7. The van der Waals surface area contributed by atoms with Gasteiger partial charge >= 0.3 is 0 Å². The molecule has 0 radical (unpaired) electrons. The number of hydrogen-bond acceptors (Lipinski definition) is 3. The highest BCUT2D eigenvalue weighted by molar-refractivity contribution is 9.10. The summed E-state index contributed by atoms with van der Waals surface area (Å²) < 4.78 is 5.78. The van der Waals surface area contributed by atoms with Crippen molar-refractivity contribution in [3.63, 3.8) is 0 Å². The van der Waals surface area contributed by atoms with Gasteiger partial charge in [0.25, 0.3) is 5.91 Å². The highest BCUT2D eigenvalue weighted by Crippen LogP contribution is 2.22. The lowest BCUT2D eigenvalue weighted by Crippen LogP contribution is -2.27. The molecule has 0 aliphatic carbocycles. The molecule has 90 valence electrons. The molecule has 1 atom stereocenters. The molecule has 0 aromatic carbocycles. The zero-order valence-electron chi connectivity index (χ0n) is 9.27. The van der Waals surface area contributed by atoms with Gasteiger partial charge in [-0.15, -0.1) is 11.3 Å². The van der Waals surface area contributed by atoms with Crippen molar-refractivity contribution in [3.8, 4) is 0 Å². The van der Waals surface area contributed by atoms with Crippen LogP contribution in [-0.2, 0) is 0 Å². The van der Waals surface area contributed by atoms with Crippen molar-refractivity contribution in [2.45, 2.75) is 19.4 Å². The van der Waals surface area contributed by atoms with E-state index in [0.29, 0.717) is 10.4 Å². The second-order valence-corrected chi connectivity index (χ2v) is 5.31. The van der Waals surface area contributed by atoms with Gasteiger partial charge in [0, 0.05) is 4.88 Å². The van der Waals surface area contributed by atoms with Gasteiger partial charge in [0.1, 0.15) is 0 Å². The number of amides is 1. The van der Waals surface area contributed by atoms with E-state index in [4.69, 9.17) is 4.42 Å². The van der Waals surface area contributed by atoms with Crippen molar-refractivity contribution in [1.82, 2.24) is 5.32 Å². The third kappa shape index (κ3) is 2.98. The van der Waals surface area contributed by atoms with Crippen LogP contribution in [0.4, 0.5) is 0 Å². The summed E-state index contributed by atoms with van der Waals surface area (Å²) in [6, 6.07) is 7.42. The molecule has 0 saturated carbocycles. The van der Waals surface area contributed by atoms with Gasteiger partial charge in [0.05, 0.1) is 6.04 Å². The number of rotatable bonds is 4. The van der Waals surface area contributed by atoms with Gasteiger partial charge in [-0.2, -0.15) is 0 Å². The lowest BCUT2D eigenvalue weighted by Gasteiger charge is -2.14. The average Bonchev–Trinajstić information content (AvgIpc) is 2.96. The van der Waals surface area contributed by atoms with Crippen LogP contribution in [0.15, 0.2) is 38.7 Å². The molecule has 3 nitrogen and oxygen atoms in total. The first-order valence-corrected chi connectivity index (χ1v) is 6.97. The third-order valence-electron chi connectivity index (χ3n) is 2.40. The van der Waals surface area contributed by atoms with Crippen molar-refractivity contribution in [3.05, 3.63) is 45.0 Å². The smallest absolute Gasteiger partial charge is 0.287 e. The minimum Gasteiger partial charge on any atom is -0.444 e. The van der Waals surface area contributed by atoms with Gasteiger partial charge in [-0.1, -0.05) is 13.0 Å². The normalized spacial score (nSPS) is 12.4. The molecule has 5 heteroatoms. The number of furan rings is 1. The molecule has 1 amide bonds. The number of carbonyl (C=O) groups excluding carboxylic acids is 1. The number of thiophene rings is 1. The Labute approximate surface area is 112 Å². The van der Waals surface area contributed by atoms with E-state index in [1.165, 1.54) is 0 Å². The molecule has 0 aliphatic rings. The molecule has 1 N–H and O–H groups in total. The molecule has 0 spiro atoms. The fourth-order valence-electron chi connectivity index (χ4n) is 1.53. The first-order chi connectivity index (χ1) is 8.20. The van der Waals surface area contributed by atoms with Gasteiger partial charge in [0.15, 0.2) is 10.4 Å². The Hall–Kier alpha value is -1.07. The molecule has 0 bridgehead atoms. The van der Waals surface area contributed by atoms with Crippen LogP contribution in [0, 0.1) is 0 Å². The fourth-order valence-corrected chi connectivity index (χ4v) is 2.70. The summed E-state index contributed by atoms with van der Waals surface area (Å²) in [6.07, 6.45) is 0.855. The van der Waals surface area contributed by atoms with Crippen LogP contribution >= 0.6 is 27.3 Å². The van der Waals surface area contributed by atoms with E-state index in [2.05, 4.69) is 21.2 Å². The Balaban J connectivity index is 2.07. The minimum absolute atomic E-state index is 0.0476. The lowest BCUT2D eigenvalue weighted by atomic mass is 10.2. The number of nitrogens with one attached hydrogen (secondary N) is 1. The van der Waals surface area contributed by atoms with Crippen LogP contribution < -0.4 is 5.32 Å². The summed E-state index contributed by atoms with van der Waals surface area (Å²) in [6.45, 7) is 2.04. The molecule has 17 heavy (non-hydrogen) atoms. The second kappa shape index (κ2) is 5.51. The lowest BCUT2D eigenvalue weighted by molar-refractivity contribution is 0.0907. The molecule has 2 aromatic heterocycles. The molecule has 2 rings (SSSR count). The van der Waals surface area contributed by atoms with Gasteiger partial charge in [-0.3, -0.25) is 4.79 Å². The third-order valence-corrected chi connectivity index (χ3v) is 3.81. The van der Waals surface area contributed by atoms with E-state index in [1.54, 1.807) is 23.5 Å². The molecule has 1 unspecified atom stereocenters. The van der Waals surface area contributed by atoms with Crippen molar-refractivity contribution in [2.24, 2.45) is 0 Å². The molecular formula is C12H12BrNO2S. The Kier molecular flexibility index (Phi) is 4.02. The molecule has 0 saturated heterocycles. The predicted octanol–water partition coefficient (Wildman–Crippen LogP) is 3.98. The van der Waals surface area contributed by atoms with E-state index in [9.17, 15) is 4.79 Å². The summed E-state index contributed by atoms with van der Waals surface area (Å²) in [5.41, 5.74) is 0. The highest BCUT2D eigenvalue weighted by Gasteiger charge is 2.17. The van der Waals surface area contributed by atoms with E-state index in [-0.39, 0.29) is 11.9 Å². The van der Waals surface area contributed by atoms with Crippen LogP contribution in [0.25, 0.3) is 0 Å². The SMILES string of the molecule is CCC(NC(=O)c1ccc(Br)o1)c1cccs1. The largest absolute Gasteiger partial charge is 0.444 e. The van der Waals surface area contributed by atoms with Crippen LogP contribution in [0.3, 0.4) is 0 Å². The monoisotopic (exact) mass is 313 g/mol. The van der Waals surface area contributed by atoms with Crippen LogP contribution in [-0.4, -0.2) is 5.91 Å². The van der Waals surface area contributed by atoms with Gasteiger partial charge < -0.3 is 9.73 Å². The maximum absolute atomic E-state index is 11.9. The summed E-state index contributed by atoms with van der Waals surface area (Å²) in [7, 11) is 0. The Morgan fingerprint density at radius 1 is 1.53 bits per heavy atom. The molecule has 0 fully saturated rings. The van der Waals surface area contributed by atoms with E-state index >= 15 is 0 Å².